The van der Waals surface area contributed by atoms with Crippen molar-refractivity contribution in [2.45, 2.75) is 25.9 Å². The molecule has 106 valence electrons. The van der Waals surface area contributed by atoms with Crippen molar-refractivity contribution in [3.8, 4) is 0 Å². The van der Waals surface area contributed by atoms with Crippen LogP contribution in [0.3, 0.4) is 0 Å². The predicted octanol–water partition coefficient (Wildman–Crippen LogP) is 1.47. The smallest absolute Gasteiger partial charge is 0.141 e. The van der Waals surface area contributed by atoms with Gasteiger partial charge in [-0.3, -0.25) is 0 Å². The van der Waals surface area contributed by atoms with E-state index in [1.165, 1.54) is 6.20 Å². The fraction of sp³-hybridized carbons (Fsp3) is 0.643. The van der Waals surface area contributed by atoms with Crippen LogP contribution in [0, 0.1) is 5.82 Å². The summed E-state index contributed by atoms with van der Waals surface area (Å²) in [6.45, 7) is 5.53. The SMILES string of the molecule is CCNCc1cc(F)cnc1N1CCC(N(C)C)C1. The van der Waals surface area contributed by atoms with Gasteiger partial charge >= 0.3 is 0 Å². The molecule has 5 heteroatoms. The van der Waals surface area contributed by atoms with E-state index in [-0.39, 0.29) is 5.82 Å². The summed E-state index contributed by atoms with van der Waals surface area (Å²) in [7, 11) is 4.21. The van der Waals surface area contributed by atoms with Crippen LogP contribution in [-0.2, 0) is 6.54 Å². The van der Waals surface area contributed by atoms with E-state index in [4.69, 9.17) is 0 Å². The van der Waals surface area contributed by atoms with Crippen LogP contribution in [0.5, 0.6) is 0 Å². The van der Waals surface area contributed by atoms with Gasteiger partial charge in [0.15, 0.2) is 0 Å². The molecule has 2 rings (SSSR count). The van der Waals surface area contributed by atoms with Gasteiger partial charge in [0.1, 0.15) is 11.6 Å². The molecule has 1 unspecified atom stereocenters. The van der Waals surface area contributed by atoms with Gasteiger partial charge in [0.25, 0.3) is 0 Å². The Balaban J connectivity index is 2.15. The zero-order valence-electron chi connectivity index (χ0n) is 12.0. The molecule has 1 aliphatic rings. The van der Waals surface area contributed by atoms with Gasteiger partial charge < -0.3 is 15.1 Å². The molecular formula is C14H23FN4. The highest BCUT2D eigenvalue weighted by atomic mass is 19.1. The molecule has 1 aromatic heterocycles. The van der Waals surface area contributed by atoms with Crippen LogP contribution >= 0.6 is 0 Å². The summed E-state index contributed by atoms with van der Waals surface area (Å²) in [6, 6.07) is 2.15. The van der Waals surface area contributed by atoms with Gasteiger partial charge in [-0.2, -0.15) is 0 Å². The van der Waals surface area contributed by atoms with Gasteiger partial charge in [0, 0.05) is 31.2 Å². The van der Waals surface area contributed by atoms with Crippen LogP contribution in [0.25, 0.3) is 0 Å². The van der Waals surface area contributed by atoms with Gasteiger partial charge in [0.05, 0.1) is 6.20 Å². The van der Waals surface area contributed by atoms with Crippen molar-refractivity contribution in [1.29, 1.82) is 0 Å². The third kappa shape index (κ3) is 3.42. The molecule has 1 fully saturated rings. The maximum Gasteiger partial charge on any atom is 0.141 e. The number of likely N-dealkylation sites (N-methyl/N-ethyl adjacent to an activating group) is 1. The Bertz CT molecular complexity index is 422. The molecule has 0 aromatic carbocycles. The second kappa shape index (κ2) is 6.30. The number of pyridine rings is 1. The van der Waals surface area contributed by atoms with Gasteiger partial charge in [-0.25, -0.2) is 9.37 Å². The first-order valence-electron chi connectivity index (χ1n) is 6.88. The number of halogens is 1. The van der Waals surface area contributed by atoms with Crippen LogP contribution in [0.4, 0.5) is 10.2 Å². The second-order valence-electron chi connectivity index (χ2n) is 5.27. The van der Waals surface area contributed by atoms with Gasteiger partial charge in [-0.15, -0.1) is 0 Å². The minimum Gasteiger partial charge on any atom is -0.355 e. The van der Waals surface area contributed by atoms with Gasteiger partial charge in [-0.1, -0.05) is 6.92 Å². The maximum absolute atomic E-state index is 13.3. The lowest BCUT2D eigenvalue weighted by Gasteiger charge is -2.23. The van der Waals surface area contributed by atoms with E-state index >= 15 is 0 Å². The first-order chi connectivity index (χ1) is 9.11. The predicted molar refractivity (Wildman–Crippen MR) is 75.9 cm³/mol. The highest BCUT2D eigenvalue weighted by molar-refractivity contribution is 5.48. The molecular weight excluding hydrogens is 243 g/mol. The number of rotatable bonds is 5. The van der Waals surface area contributed by atoms with Crippen molar-refractivity contribution in [3.05, 3.63) is 23.6 Å². The summed E-state index contributed by atoms with van der Waals surface area (Å²) >= 11 is 0. The van der Waals surface area contributed by atoms with E-state index in [9.17, 15) is 4.39 Å². The number of anilines is 1. The standard InChI is InChI=1S/C14H23FN4/c1-4-16-8-11-7-12(15)9-17-14(11)19-6-5-13(10-19)18(2)3/h7,9,13,16H,4-6,8,10H2,1-3H3. The first-order valence-corrected chi connectivity index (χ1v) is 6.88. The van der Waals surface area contributed by atoms with E-state index in [2.05, 4.69) is 34.2 Å². The number of nitrogens with zero attached hydrogens (tertiary/aromatic N) is 3. The van der Waals surface area contributed by atoms with E-state index in [0.29, 0.717) is 12.6 Å². The van der Waals surface area contributed by atoms with E-state index < -0.39 is 0 Å². The molecule has 0 radical (unpaired) electrons. The summed E-state index contributed by atoms with van der Waals surface area (Å²) in [5, 5.41) is 3.25. The Hall–Kier alpha value is -1.20. The van der Waals surface area contributed by atoms with E-state index in [1.54, 1.807) is 6.07 Å². The zero-order chi connectivity index (χ0) is 13.8. The largest absolute Gasteiger partial charge is 0.355 e. The lowest BCUT2D eigenvalue weighted by molar-refractivity contribution is 0.315. The highest BCUT2D eigenvalue weighted by Gasteiger charge is 2.26. The van der Waals surface area contributed by atoms with Crippen molar-refractivity contribution in [3.63, 3.8) is 0 Å². The van der Waals surface area contributed by atoms with Crippen LogP contribution < -0.4 is 10.2 Å². The fourth-order valence-corrected chi connectivity index (χ4v) is 2.50. The molecule has 1 saturated heterocycles. The third-order valence-corrected chi connectivity index (χ3v) is 3.67. The van der Waals surface area contributed by atoms with Crippen molar-refractivity contribution in [2.24, 2.45) is 0 Å². The molecule has 1 aliphatic heterocycles. The molecule has 1 aromatic rings. The first kappa shape index (κ1) is 14.2. The Kier molecular flexibility index (Phi) is 4.71. The molecule has 0 aliphatic carbocycles. The van der Waals surface area contributed by atoms with E-state index in [1.807, 2.05) is 6.92 Å². The van der Waals surface area contributed by atoms with Crippen molar-refractivity contribution in [1.82, 2.24) is 15.2 Å². The molecule has 1 N–H and O–H groups in total. The van der Waals surface area contributed by atoms with Gasteiger partial charge in [0.2, 0.25) is 0 Å². The number of hydrogen-bond donors (Lipinski definition) is 1. The fourth-order valence-electron chi connectivity index (χ4n) is 2.50. The quantitative estimate of drug-likeness (QED) is 0.874. The minimum absolute atomic E-state index is 0.264. The molecule has 19 heavy (non-hydrogen) atoms. The molecule has 0 amide bonds. The second-order valence-corrected chi connectivity index (χ2v) is 5.27. The monoisotopic (exact) mass is 266 g/mol. The average Bonchev–Trinajstić information content (AvgIpc) is 2.86. The normalized spacial score (nSPS) is 19.4. The molecule has 0 saturated carbocycles. The van der Waals surface area contributed by atoms with Crippen LogP contribution in [0.1, 0.15) is 18.9 Å². The lowest BCUT2D eigenvalue weighted by Crippen LogP contribution is -2.32. The highest BCUT2D eigenvalue weighted by Crippen LogP contribution is 2.24. The Labute approximate surface area is 114 Å². The zero-order valence-corrected chi connectivity index (χ0v) is 12.0. The number of nitrogens with one attached hydrogen (secondary N) is 1. The molecule has 2 heterocycles. The summed E-state index contributed by atoms with van der Waals surface area (Å²) in [4.78, 5) is 8.80. The molecule has 0 bridgehead atoms. The summed E-state index contributed by atoms with van der Waals surface area (Å²) in [5.41, 5.74) is 0.946. The molecule has 1 atom stereocenters. The maximum atomic E-state index is 13.3. The summed E-state index contributed by atoms with van der Waals surface area (Å²) < 4.78 is 13.3. The molecule has 4 nitrogen and oxygen atoms in total. The third-order valence-electron chi connectivity index (χ3n) is 3.67. The van der Waals surface area contributed by atoms with Crippen molar-refractivity contribution in [2.75, 3.05) is 38.6 Å². The Morgan fingerprint density at radius 1 is 1.53 bits per heavy atom. The van der Waals surface area contributed by atoms with E-state index in [0.717, 1.165) is 37.4 Å². The Morgan fingerprint density at radius 2 is 2.32 bits per heavy atom. The van der Waals surface area contributed by atoms with Crippen LogP contribution in [0.15, 0.2) is 12.3 Å². The number of aromatic nitrogens is 1. The van der Waals surface area contributed by atoms with Gasteiger partial charge in [-0.05, 0) is 33.1 Å². The number of hydrogen-bond acceptors (Lipinski definition) is 4. The Morgan fingerprint density at radius 3 is 2.95 bits per heavy atom. The minimum atomic E-state index is -0.264. The van der Waals surface area contributed by atoms with Crippen LogP contribution in [0.2, 0.25) is 0 Å². The van der Waals surface area contributed by atoms with Crippen molar-refractivity contribution < 1.29 is 4.39 Å². The topological polar surface area (TPSA) is 31.4 Å². The summed E-state index contributed by atoms with van der Waals surface area (Å²) in [5.74, 6) is 0.659. The van der Waals surface area contributed by atoms with Crippen LogP contribution in [-0.4, -0.2) is 49.7 Å². The average molecular weight is 266 g/mol. The lowest BCUT2D eigenvalue weighted by atomic mass is 10.2. The van der Waals surface area contributed by atoms with Crippen molar-refractivity contribution >= 4 is 5.82 Å². The molecule has 0 spiro atoms. The summed E-state index contributed by atoms with van der Waals surface area (Å²) in [6.07, 6.45) is 2.44.